The molecule has 30 heavy (non-hydrogen) atoms. The lowest BCUT2D eigenvalue weighted by atomic mass is 9.69. The largest absolute Gasteiger partial charge is 0.477 e. The summed E-state index contributed by atoms with van der Waals surface area (Å²) >= 11 is 1.15. The first-order valence-corrected chi connectivity index (χ1v) is 11.7. The fourth-order valence-corrected chi connectivity index (χ4v) is 5.53. The van der Waals surface area contributed by atoms with Crippen molar-refractivity contribution in [3.8, 4) is 11.8 Å². The number of Topliss-reactive ketones (excluding diaryl/α,β-unsaturated/α-hetero) is 1. The van der Waals surface area contributed by atoms with E-state index in [0.717, 1.165) is 37.0 Å². The van der Waals surface area contributed by atoms with Crippen LogP contribution in [0.3, 0.4) is 0 Å². The number of aliphatic hydroxyl groups is 1. The fraction of sp³-hybridized carbons (Fsp3) is 0.667. The van der Waals surface area contributed by atoms with Crippen LogP contribution in [0, 0.1) is 29.1 Å². The summed E-state index contributed by atoms with van der Waals surface area (Å²) in [5, 5.41) is 19.2. The van der Waals surface area contributed by atoms with Gasteiger partial charge in [0, 0.05) is 18.4 Å². The van der Waals surface area contributed by atoms with Crippen molar-refractivity contribution >= 4 is 23.1 Å². The Bertz CT molecular complexity index is 832. The Morgan fingerprint density at radius 2 is 1.97 bits per heavy atom. The summed E-state index contributed by atoms with van der Waals surface area (Å²) in [7, 11) is 0. The van der Waals surface area contributed by atoms with E-state index in [1.165, 1.54) is 6.42 Å². The van der Waals surface area contributed by atoms with Crippen molar-refractivity contribution in [2.24, 2.45) is 17.3 Å². The molecule has 0 aromatic carbocycles. The van der Waals surface area contributed by atoms with Crippen molar-refractivity contribution in [3.63, 3.8) is 0 Å². The third-order valence-electron chi connectivity index (χ3n) is 6.04. The van der Waals surface area contributed by atoms with Crippen LogP contribution in [0.15, 0.2) is 6.07 Å². The molecular formula is C24H32O5S. The lowest BCUT2D eigenvalue weighted by Gasteiger charge is -2.40. The molecule has 2 N–H and O–H groups in total. The molecule has 5 nitrogen and oxygen atoms in total. The van der Waals surface area contributed by atoms with Crippen LogP contribution in [0.5, 0.6) is 0 Å². The molecule has 2 heterocycles. The number of hydrogen-bond donors (Lipinski definition) is 2. The Morgan fingerprint density at radius 1 is 1.27 bits per heavy atom. The maximum absolute atomic E-state index is 13.4. The quantitative estimate of drug-likeness (QED) is 0.671. The van der Waals surface area contributed by atoms with Gasteiger partial charge in [-0.25, -0.2) is 4.79 Å². The maximum Gasteiger partial charge on any atom is 0.346 e. The highest BCUT2D eigenvalue weighted by atomic mass is 32.1. The molecule has 1 saturated heterocycles. The van der Waals surface area contributed by atoms with E-state index in [0.29, 0.717) is 23.0 Å². The van der Waals surface area contributed by atoms with Crippen LogP contribution in [0.4, 0.5) is 0 Å². The smallest absolute Gasteiger partial charge is 0.346 e. The number of aromatic carboxylic acids is 1. The monoisotopic (exact) mass is 432 g/mol. The van der Waals surface area contributed by atoms with E-state index in [2.05, 4.69) is 11.8 Å². The Hall–Kier alpha value is -1.68. The summed E-state index contributed by atoms with van der Waals surface area (Å²) in [6.45, 7) is 6.33. The summed E-state index contributed by atoms with van der Waals surface area (Å²) < 4.78 is 5.87. The standard InChI is InChI=1S/C24H32O5S/c1-24(2,3)11-9-16-13-17(22(30-16)23(27)28)20-18(15-7-5-4-6-8-15)14-29-19(10-12-25)21(20)26/h13,15,18-20,25H,4-8,10,12,14H2,1-3H3,(H,27,28)/t18-,19-,20?/m0/s1. The second-order valence-corrected chi connectivity index (χ2v) is 10.5. The highest BCUT2D eigenvalue weighted by Gasteiger charge is 2.45. The molecule has 2 aliphatic rings. The Kier molecular flexibility index (Phi) is 7.38. The average Bonchev–Trinajstić information content (AvgIpc) is 3.12. The highest BCUT2D eigenvalue weighted by Crippen LogP contribution is 2.45. The summed E-state index contributed by atoms with van der Waals surface area (Å²) in [6.07, 6.45) is 5.15. The number of ketones is 1. The molecule has 0 spiro atoms. The normalized spacial score (nSPS) is 25.6. The van der Waals surface area contributed by atoms with E-state index in [4.69, 9.17) is 4.74 Å². The van der Waals surface area contributed by atoms with Gasteiger partial charge in [0.05, 0.1) is 17.4 Å². The van der Waals surface area contributed by atoms with Crippen molar-refractivity contribution in [1.29, 1.82) is 0 Å². The van der Waals surface area contributed by atoms with Crippen LogP contribution in [0.1, 0.15) is 85.3 Å². The molecule has 1 aliphatic heterocycles. The number of ether oxygens (including phenoxy) is 1. The van der Waals surface area contributed by atoms with E-state index in [9.17, 15) is 19.8 Å². The molecule has 3 rings (SSSR count). The Balaban J connectivity index is 2.03. The van der Waals surface area contributed by atoms with Gasteiger partial charge in [0.2, 0.25) is 0 Å². The van der Waals surface area contributed by atoms with Gasteiger partial charge in [-0.15, -0.1) is 11.3 Å². The number of aliphatic hydroxyl groups excluding tert-OH is 1. The predicted molar refractivity (Wildman–Crippen MR) is 117 cm³/mol. The van der Waals surface area contributed by atoms with Gasteiger partial charge < -0.3 is 14.9 Å². The van der Waals surface area contributed by atoms with E-state index < -0.39 is 18.0 Å². The minimum Gasteiger partial charge on any atom is -0.477 e. The lowest BCUT2D eigenvalue weighted by Crippen LogP contribution is -2.45. The zero-order valence-corrected chi connectivity index (χ0v) is 18.9. The number of carboxylic acid groups (broad SMARTS) is 1. The molecule has 1 aliphatic carbocycles. The highest BCUT2D eigenvalue weighted by molar-refractivity contribution is 7.14. The van der Waals surface area contributed by atoms with E-state index in [1.807, 2.05) is 26.8 Å². The van der Waals surface area contributed by atoms with Crippen LogP contribution in [0.2, 0.25) is 0 Å². The Labute approximate surface area is 182 Å². The van der Waals surface area contributed by atoms with E-state index >= 15 is 0 Å². The fourth-order valence-electron chi connectivity index (χ4n) is 4.63. The van der Waals surface area contributed by atoms with Crippen LogP contribution in [-0.2, 0) is 9.53 Å². The molecule has 1 unspecified atom stereocenters. The molecule has 164 valence electrons. The van der Waals surface area contributed by atoms with Crippen molar-refractivity contribution in [2.75, 3.05) is 13.2 Å². The maximum atomic E-state index is 13.4. The minimum absolute atomic E-state index is 0.0242. The third-order valence-corrected chi connectivity index (χ3v) is 7.09. The molecule has 6 heteroatoms. The summed E-state index contributed by atoms with van der Waals surface area (Å²) in [5.74, 6) is 4.98. The van der Waals surface area contributed by atoms with Crippen molar-refractivity contribution < 1.29 is 24.5 Å². The second-order valence-electron chi connectivity index (χ2n) is 9.48. The van der Waals surface area contributed by atoms with Crippen molar-refractivity contribution in [2.45, 2.75) is 71.3 Å². The SMILES string of the molecule is CC(C)(C)C#Cc1cc(C2C(=O)[C@H](CCO)OC[C@H]2C2CCCCC2)c(C(=O)O)s1. The number of carbonyl (C=O) groups is 2. The molecule has 0 amide bonds. The van der Waals surface area contributed by atoms with Crippen molar-refractivity contribution in [1.82, 2.24) is 0 Å². The molecule has 2 fully saturated rings. The molecule has 1 saturated carbocycles. The van der Waals surface area contributed by atoms with Crippen LogP contribution in [0.25, 0.3) is 0 Å². The molecule has 0 bridgehead atoms. The van der Waals surface area contributed by atoms with Gasteiger partial charge >= 0.3 is 5.97 Å². The average molecular weight is 433 g/mol. The van der Waals surface area contributed by atoms with Gasteiger partial charge in [-0.05, 0) is 44.2 Å². The summed E-state index contributed by atoms with van der Waals surface area (Å²) in [6, 6.07) is 1.81. The molecule has 3 atom stereocenters. The molecular weight excluding hydrogens is 400 g/mol. The topological polar surface area (TPSA) is 83.8 Å². The van der Waals surface area contributed by atoms with Crippen LogP contribution < -0.4 is 0 Å². The first kappa shape index (κ1) is 23.0. The number of carboxylic acids is 1. The third kappa shape index (κ3) is 5.32. The summed E-state index contributed by atoms with van der Waals surface area (Å²) in [5.41, 5.74) is 0.385. The number of hydrogen-bond acceptors (Lipinski definition) is 5. The van der Waals surface area contributed by atoms with Crippen LogP contribution >= 0.6 is 11.3 Å². The molecule has 1 aromatic rings. The van der Waals surface area contributed by atoms with E-state index in [1.54, 1.807) is 0 Å². The number of rotatable bonds is 5. The first-order chi connectivity index (χ1) is 14.2. The van der Waals surface area contributed by atoms with Crippen molar-refractivity contribution in [3.05, 3.63) is 21.4 Å². The lowest BCUT2D eigenvalue weighted by molar-refractivity contribution is -0.146. The van der Waals surface area contributed by atoms with Crippen LogP contribution in [-0.4, -0.2) is 41.3 Å². The van der Waals surface area contributed by atoms with Gasteiger partial charge in [0.1, 0.15) is 11.0 Å². The molecule has 1 aromatic heterocycles. The predicted octanol–water partition coefficient (Wildman–Crippen LogP) is 4.47. The van der Waals surface area contributed by atoms with Gasteiger partial charge in [-0.3, -0.25) is 4.79 Å². The number of carbonyl (C=O) groups excluding carboxylic acids is 1. The van der Waals surface area contributed by atoms with Gasteiger partial charge in [0.25, 0.3) is 0 Å². The van der Waals surface area contributed by atoms with Gasteiger partial charge in [0.15, 0.2) is 5.78 Å². The summed E-state index contributed by atoms with van der Waals surface area (Å²) in [4.78, 5) is 26.3. The van der Waals surface area contributed by atoms with Gasteiger partial charge in [-0.2, -0.15) is 0 Å². The number of thiophene rings is 1. The van der Waals surface area contributed by atoms with E-state index in [-0.39, 0.29) is 35.0 Å². The minimum atomic E-state index is -1.01. The zero-order chi connectivity index (χ0) is 21.9. The first-order valence-electron chi connectivity index (χ1n) is 10.9. The zero-order valence-electron chi connectivity index (χ0n) is 18.1. The van der Waals surface area contributed by atoms with Gasteiger partial charge in [-0.1, -0.05) is 43.9 Å². The Morgan fingerprint density at radius 3 is 2.57 bits per heavy atom. The second kappa shape index (κ2) is 9.64. The molecule has 0 radical (unpaired) electrons.